The van der Waals surface area contributed by atoms with Crippen molar-refractivity contribution in [1.29, 1.82) is 0 Å². The van der Waals surface area contributed by atoms with E-state index >= 15 is 0 Å². The lowest BCUT2D eigenvalue weighted by Gasteiger charge is -1.92. The number of nitrogens with zero attached hydrogens (tertiary/aromatic N) is 2. The van der Waals surface area contributed by atoms with Gasteiger partial charge in [-0.25, -0.2) is 5.90 Å². The molecule has 4 nitrogen and oxygen atoms in total. The Morgan fingerprint density at radius 1 is 1.80 bits per heavy atom. The third kappa shape index (κ3) is 1.82. The van der Waals surface area contributed by atoms with Crippen LogP contribution in [0.1, 0.15) is 5.56 Å². The fraction of sp³-hybridized carbons (Fsp3) is 0.500. The lowest BCUT2D eigenvalue weighted by molar-refractivity contribution is 0.141. The van der Waals surface area contributed by atoms with Gasteiger partial charge in [0.25, 0.3) is 0 Å². The van der Waals surface area contributed by atoms with Gasteiger partial charge in [0.05, 0.1) is 12.8 Å². The summed E-state index contributed by atoms with van der Waals surface area (Å²) in [6.07, 6.45) is 4.57. The number of hydrogen-bond acceptors (Lipinski definition) is 3. The van der Waals surface area contributed by atoms with E-state index in [0.29, 0.717) is 6.61 Å². The third-order valence-corrected chi connectivity index (χ3v) is 1.27. The highest BCUT2D eigenvalue weighted by atomic mass is 16.6. The largest absolute Gasteiger partial charge is 0.304 e. The second-order valence-corrected chi connectivity index (χ2v) is 2.14. The van der Waals surface area contributed by atoms with Crippen LogP contribution in [0.3, 0.4) is 0 Å². The van der Waals surface area contributed by atoms with Crippen LogP contribution in [0.25, 0.3) is 0 Å². The second-order valence-electron chi connectivity index (χ2n) is 2.14. The average molecular weight is 141 g/mol. The van der Waals surface area contributed by atoms with Crippen LogP contribution in [-0.2, 0) is 18.3 Å². The molecular weight excluding hydrogens is 130 g/mol. The van der Waals surface area contributed by atoms with Gasteiger partial charge in [0, 0.05) is 19.7 Å². The first-order chi connectivity index (χ1) is 4.83. The van der Waals surface area contributed by atoms with Crippen molar-refractivity contribution in [3.05, 3.63) is 18.0 Å². The van der Waals surface area contributed by atoms with E-state index in [1.165, 1.54) is 0 Å². The molecule has 0 amide bonds. The average Bonchev–Trinajstić information content (AvgIpc) is 2.31. The first kappa shape index (κ1) is 7.24. The summed E-state index contributed by atoms with van der Waals surface area (Å²) >= 11 is 0. The monoisotopic (exact) mass is 141 g/mol. The fourth-order valence-corrected chi connectivity index (χ4v) is 0.778. The van der Waals surface area contributed by atoms with E-state index in [2.05, 4.69) is 9.94 Å². The predicted octanol–water partition coefficient (Wildman–Crippen LogP) is -0.147. The van der Waals surface area contributed by atoms with Crippen LogP contribution in [0.5, 0.6) is 0 Å². The summed E-state index contributed by atoms with van der Waals surface area (Å²) < 4.78 is 1.76. The number of aryl methyl sites for hydroxylation is 1. The predicted molar refractivity (Wildman–Crippen MR) is 37.1 cm³/mol. The standard InChI is InChI=1S/C6H11N3O/c1-9-5-6(4-8-9)2-3-10-7/h4-5H,2-3,7H2,1H3. The van der Waals surface area contributed by atoms with Crippen molar-refractivity contribution < 1.29 is 4.84 Å². The minimum Gasteiger partial charge on any atom is -0.304 e. The van der Waals surface area contributed by atoms with E-state index in [0.717, 1.165) is 12.0 Å². The summed E-state index contributed by atoms with van der Waals surface area (Å²) in [5.74, 6) is 4.86. The fourth-order valence-electron chi connectivity index (χ4n) is 0.778. The van der Waals surface area contributed by atoms with Gasteiger partial charge in [0.2, 0.25) is 0 Å². The molecule has 0 bridgehead atoms. The van der Waals surface area contributed by atoms with Crippen LogP contribution in [0.15, 0.2) is 12.4 Å². The highest BCUT2D eigenvalue weighted by Gasteiger charge is 1.93. The summed E-state index contributed by atoms with van der Waals surface area (Å²) in [4.78, 5) is 4.42. The lowest BCUT2D eigenvalue weighted by Crippen LogP contribution is -2.02. The maximum absolute atomic E-state index is 4.86. The Bertz CT molecular complexity index is 197. The number of rotatable bonds is 3. The third-order valence-electron chi connectivity index (χ3n) is 1.27. The van der Waals surface area contributed by atoms with Crippen LogP contribution in [-0.4, -0.2) is 16.4 Å². The molecule has 0 aromatic carbocycles. The van der Waals surface area contributed by atoms with Crippen molar-refractivity contribution in [2.24, 2.45) is 12.9 Å². The molecular formula is C6H11N3O. The summed E-state index contributed by atoms with van der Waals surface area (Å²) in [7, 11) is 1.88. The van der Waals surface area contributed by atoms with Crippen molar-refractivity contribution in [3.8, 4) is 0 Å². The molecule has 1 heterocycles. The van der Waals surface area contributed by atoms with Gasteiger partial charge >= 0.3 is 0 Å². The molecule has 0 radical (unpaired) electrons. The topological polar surface area (TPSA) is 53.1 Å². The number of aromatic nitrogens is 2. The second kappa shape index (κ2) is 3.34. The van der Waals surface area contributed by atoms with E-state index < -0.39 is 0 Å². The van der Waals surface area contributed by atoms with Gasteiger partial charge in [-0.2, -0.15) is 5.10 Å². The zero-order valence-electron chi connectivity index (χ0n) is 5.95. The van der Waals surface area contributed by atoms with E-state index in [4.69, 9.17) is 5.90 Å². The Morgan fingerprint density at radius 2 is 2.60 bits per heavy atom. The SMILES string of the molecule is Cn1cc(CCON)cn1. The van der Waals surface area contributed by atoms with Gasteiger partial charge in [-0.1, -0.05) is 0 Å². The maximum atomic E-state index is 4.86. The maximum Gasteiger partial charge on any atom is 0.0720 e. The molecule has 0 unspecified atom stereocenters. The Labute approximate surface area is 59.5 Å². The Kier molecular flexibility index (Phi) is 2.42. The van der Waals surface area contributed by atoms with E-state index in [9.17, 15) is 0 Å². The summed E-state index contributed by atoms with van der Waals surface area (Å²) in [5, 5.41) is 3.99. The van der Waals surface area contributed by atoms with Crippen LogP contribution in [0, 0.1) is 0 Å². The summed E-state index contributed by atoms with van der Waals surface area (Å²) in [5.41, 5.74) is 1.15. The van der Waals surface area contributed by atoms with Crippen LogP contribution >= 0.6 is 0 Å². The molecule has 0 aliphatic carbocycles. The Morgan fingerprint density at radius 3 is 3.10 bits per heavy atom. The van der Waals surface area contributed by atoms with Crippen molar-refractivity contribution in [2.75, 3.05) is 6.61 Å². The highest BCUT2D eigenvalue weighted by Crippen LogP contribution is 1.96. The van der Waals surface area contributed by atoms with E-state index in [1.54, 1.807) is 10.9 Å². The summed E-state index contributed by atoms with van der Waals surface area (Å²) in [6.45, 7) is 0.547. The smallest absolute Gasteiger partial charge is 0.0720 e. The Hall–Kier alpha value is -0.870. The Balaban J connectivity index is 2.42. The molecule has 10 heavy (non-hydrogen) atoms. The molecule has 56 valence electrons. The van der Waals surface area contributed by atoms with Gasteiger partial charge < -0.3 is 4.84 Å². The number of nitrogens with two attached hydrogens (primary N) is 1. The molecule has 2 N–H and O–H groups in total. The van der Waals surface area contributed by atoms with Gasteiger partial charge in [-0.15, -0.1) is 0 Å². The first-order valence-corrected chi connectivity index (χ1v) is 3.12. The van der Waals surface area contributed by atoms with E-state index in [1.807, 2.05) is 13.2 Å². The zero-order valence-corrected chi connectivity index (χ0v) is 5.95. The van der Waals surface area contributed by atoms with Gasteiger partial charge in [0.1, 0.15) is 0 Å². The molecule has 0 fully saturated rings. The zero-order chi connectivity index (χ0) is 7.40. The lowest BCUT2D eigenvalue weighted by atomic mass is 10.3. The minimum absolute atomic E-state index is 0.547. The van der Waals surface area contributed by atoms with Crippen molar-refractivity contribution in [3.63, 3.8) is 0 Å². The van der Waals surface area contributed by atoms with E-state index in [-0.39, 0.29) is 0 Å². The van der Waals surface area contributed by atoms with Crippen molar-refractivity contribution >= 4 is 0 Å². The molecule has 0 saturated carbocycles. The molecule has 0 saturated heterocycles. The summed E-state index contributed by atoms with van der Waals surface area (Å²) in [6, 6.07) is 0. The van der Waals surface area contributed by atoms with Crippen LogP contribution < -0.4 is 5.90 Å². The van der Waals surface area contributed by atoms with Gasteiger partial charge in [0.15, 0.2) is 0 Å². The minimum atomic E-state index is 0.547. The molecule has 1 aromatic heterocycles. The quantitative estimate of drug-likeness (QED) is 0.596. The molecule has 0 aliphatic rings. The molecule has 4 heteroatoms. The van der Waals surface area contributed by atoms with Crippen molar-refractivity contribution in [1.82, 2.24) is 9.78 Å². The molecule has 0 aliphatic heterocycles. The van der Waals surface area contributed by atoms with Gasteiger partial charge in [-0.3, -0.25) is 4.68 Å². The van der Waals surface area contributed by atoms with Crippen LogP contribution in [0.2, 0.25) is 0 Å². The van der Waals surface area contributed by atoms with Crippen molar-refractivity contribution in [2.45, 2.75) is 6.42 Å². The molecule has 1 aromatic rings. The molecule has 0 spiro atoms. The highest BCUT2D eigenvalue weighted by molar-refractivity contribution is 5.03. The molecule has 0 atom stereocenters. The van der Waals surface area contributed by atoms with Crippen LogP contribution in [0.4, 0.5) is 0 Å². The first-order valence-electron chi connectivity index (χ1n) is 3.12. The normalized spacial score (nSPS) is 10.2. The molecule has 1 rings (SSSR count). The number of hydrogen-bond donors (Lipinski definition) is 1. The van der Waals surface area contributed by atoms with Gasteiger partial charge in [-0.05, 0) is 5.56 Å².